The smallest absolute Gasteiger partial charge is 0.248 e. The Labute approximate surface area is 176 Å². The van der Waals surface area contributed by atoms with Gasteiger partial charge in [0, 0.05) is 43.0 Å². The molecule has 2 unspecified atom stereocenters. The van der Waals surface area contributed by atoms with Crippen molar-refractivity contribution in [1.29, 1.82) is 0 Å². The standard InChI is InChI=1S/C24H26N4O2/c1-17-7-10-23(26-12-17)28-19-8-9-20(28)14-27(13-19)24(29)16-30-15-18-4-2-6-22-21(18)5-3-11-25-22/h2-7,10-12,19-20H,8-9,13-16H2,1H3. The minimum atomic E-state index is 0.0711. The van der Waals surface area contributed by atoms with E-state index in [0.29, 0.717) is 18.7 Å². The third-order valence-electron chi connectivity index (χ3n) is 6.21. The van der Waals surface area contributed by atoms with Crippen LogP contribution in [-0.2, 0) is 16.1 Å². The molecule has 4 heterocycles. The van der Waals surface area contributed by atoms with E-state index in [2.05, 4.69) is 33.9 Å². The van der Waals surface area contributed by atoms with Crippen LogP contribution in [-0.4, -0.2) is 52.6 Å². The van der Waals surface area contributed by atoms with E-state index in [-0.39, 0.29) is 12.5 Å². The molecular formula is C24H26N4O2. The molecule has 6 nitrogen and oxygen atoms in total. The maximum Gasteiger partial charge on any atom is 0.248 e. The van der Waals surface area contributed by atoms with Gasteiger partial charge in [-0.15, -0.1) is 0 Å². The van der Waals surface area contributed by atoms with Gasteiger partial charge in [0.25, 0.3) is 0 Å². The molecule has 2 aromatic heterocycles. The highest BCUT2D eigenvalue weighted by molar-refractivity contribution is 5.82. The highest BCUT2D eigenvalue weighted by Crippen LogP contribution is 2.34. The molecule has 2 aliphatic heterocycles. The van der Waals surface area contributed by atoms with Crippen molar-refractivity contribution in [2.45, 2.75) is 38.5 Å². The Hall–Kier alpha value is -2.99. The van der Waals surface area contributed by atoms with E-state index in [1.165, 1.54) is 5.56 Å². The molecule has 2 bridgehead atoms. The molecule has 2 saturated heterocycles. The maximum absolute atomic E-state index is 12.8. The van der Waals surface area contributed by atoms with Gasteiger partial charge in [-0.25, -0.2) is 4.98 Å². The number of aromatic nitrogens is 2. The second kappa shape index (κ2) is 8.03. The number of amides is 1. The van der Waals surface area contributed by atoms with Gasteiger partial charge in [-0.2, -0.15) is 0 Å². The molecule has 30 heavy (non-hydrogen) atoms. The summed E-state index contributed by atoms with van der Waals surface area (Å²) in [5.41, 5.74) is 3.17. The molecule has 154 valence electrons. The van der Waals surface area contributed by atoms with Crippen LogP contribution in [0.4, 0.5) is 5.82 Å². The number of likely N-dealkylation sites (tertiary alicyclic amines) is 1. The van der Waals surface area contributed by atoms with Gasteiger partial charge in [0.2, 0.25) is 5.91 Å². The van der Waals surface area contributed by atoms with Crippen LogP contribution >= 0.6 is 0 Å². The summed E-state index contributed by atoms with van der Waals surface area (Å²) in [6.45, 7) is 4.06. The number of benzene rings is 1. The van der Waals surface area contributed by atoms with E-state index in [0.717, 1.165) is 48.2 Å². The van der Waals surface area contributed by atoms with Crippen molar-refractivity contribution in [1.82, 2.24) is 14.9 Å². The number of carbonyl (C=O) groups is 1. The summed E-state index contributed by atoms with van der Waals surface area (Å²) in [5, 5.41) is 1.07. The van der Waals surface area contributed by atoms with Crippen molar-refractivity contribution >= 4 is 22.6 Å². The lowest BCUT2D eigenvalue weighted by molar-refractivity contribution is -0.137. The van der Waals surface area contributed by atoms with Gasteiger partial charge in [-0.1, -0.05) is 24.3 Å². The quantitative estimate of drug-likeness (QED) is 0.655. The third-order valence-corrected chi connectivity index (χ3v) is 6.21. The molecule has 0 aliphatic carbocycles. The predicted octanol–water partition coefficient (Wildman–Crippen LogP) is 3.33. The number of pyridine rings is 2. The van der Waals surface area contributed by atoms with Gasteiger partial charge in [0.1, 0.15) is 12.4 Å². The lowest BCUT2D eigenvalue weighted by atomic mass is 10.1. The summed E-state index contributed by atoms with van der Waals surface area (Å²) >= 11 is 0. The minimum Gasteiger partial charge on any atom is -0.367 e. The van der Waals surface area contributed by atoms with Crippen LogP contribution < -0.4 is 4.90 Å². The summed E-state index contributed by atoms with van der Waals surface area (Å²) in [4.78, 5) is 26.2. The highest BCUT2D eigenvalue weighted by atomic mass is 16.5. The zero-order valence-corrected chi connectivity index (χ0v) is 17.2. The fourth-order valence-electron chi connectivity index (χ4n) is 4.73. The molecule has 3 aromatic rings. The highest BCUT2D eigenvalue weighted by Gasteiger charge is 2.41. The molecule has 0 saturated carbocycles. The van der Waals surface area contributed by atoms with E-state index in [1.54, 1.807) is 6.20 Å². The molecule has 0 radical (unpaired) electrons. The molecular weight excluding hydrogens is 376 g/mol. The van der Waals surface area contributed by atoms with Gasteiger partial charge in [0.05, 0.1) is 12.1 Å². The zero-order chi connectivity index (χ0) is 20.5. The Morgan fingerprint density at radius 2 is 1.90 bits per heavy atom. The number of aryl methyl sites for hydroxylation is 1. The molecule has 6 heteroatoms. The summed E-state index contributed by atoms with van der Waals surface area (Å²) in [7, 11) is 0. The average molecular weight is 402 g/mol. The van der Waals surface area contributed by atoms with Crippen LogP contribution in [0.25, 0.3) is 10.9 Å². The second-order valence-electron chi connectivity index (χ2n) is 8.26. The van der Waals surface area contributed by atoms with Gasteiger partial charge in [-0.3, -0.25) is 9.78 Å². The van der Waals surface area contributed by atoms with E-state index in [4.69, 9.17) is 4.74 Å². The maximum atomic E-state index is 12.8. The monoisotopic (exact) mass is 402 g/mol. The molecule has 2 atom stereocenters. The van der Waals surface area contributed by atoms with Crippen LogP contribution in [0, 0.1) is 6.92 Å². The Balaban J connectivity index is 1.19. The normalized spacial score (nSPS) is 20.7. The van der Waals surface area contributed by atoms with Crippen LogP contribution in [0.3, 0.4) is 0 Å². The third kappa shape index (κ3) is 3.63. The lowest BCUT2D eigenvalue weighted by Crippen LogP contribution is -2.56. The van der Waals surface area contributed by atoms with Crippen LogP contribution in [0.1, 0.15) is 24.0 Å². The van der Waals surface area contributed by atoms with Crippen LogP contribution in [0.2, 0.25) is 0 Å². The molecule has 1 aromatic carbocycles. The Bertz CT molecular complexity index is 1030. The average Bonchev–Trinajstić information content (AvgIpc) is 3.03. The molecule has 1 amide bonds. The van der Waals surface area contributed by atoms with Gasteiger partial charge >= 0.3 is 0 Å². The lowest BCUT2D eigenvalue weighted by Gasteiger charge is -2.41. The predicted molar refractivity (Wildman–Crippen MR) is 116 cm³/mol. The number of nitrogens with zero attached hydrogens (tertiary/aromatic N) is 4. The van der Waals surface area contributed by atoms with E-state index in [9.17, 15) is 4.79 Å². The molecule has 0 spiro atoms. The Morgan fingerprint density at radius 1 is 1.07 bits per heavy atom. The van der Waals surface area contributed by atoms with E-state index >= 15 is 0 Å². The summed E-state index contributed by atoms with van der Waals surface area (Å²) in [6.07, 6.45) is 5.92. The van der Waals surface area contributed by atoms with Gasteiger partial charge < -0.3 is 14.5 Å². The molecule has 0 N–H and O–H groups in total. The summed E-state index contributed by atoms with van der Waals surface area (Å²) < 4.78 is 5.81. The van der Waals surface area contributed by atoms with Crippen LogP contribution in [0.5, 0.6) is 0 Å². The summed E-state index contributed by atoms with van der Waals surface area (Å²) in [5.74, 6) is 1.10. The van der Waals surface area contributed by atoms with Crippen molar-refractivity contribution < 1.29 is 9.53 Å². The number of hydrogen-bond acceptors (Lipinski definition) is 5. The van der Waals surface area contributed by atoms with Crippen molar-refractivity contribution in [3.8, 4) is 0 Å². The zero-order valence-electron chi connectivity index (χ0n) is 17.2. The minimum absolute atomic E-state index is 0.0711. The van der Waals surface area contributed by atoms with Crippen molar-refractivity contribution in [3.63, 3.8) is 0 Å². The Kier molecular flexibility index (Phi) is 5.09. The Morgan fingerprint density at radius 3 is 2.67 bits per heavy atom. The number of piperazine rings is 1. The molecule has 5 rings (SSSR count). The number of rotatable bonds is 5. The van der Waals surface area contributed by atoms with Crippen LogP contribution in [0.15, 0.2) is 54.9 Å². The first kappa shape index (κ1) is 19.0. The number of hydrogen-bond donors (Lipinski definition) is 0. The first-order valence-electron chi connectivity index (χ1n) is 10.6. The fraction of sp³-hybridized carbons (Fsp3) is 0.375. The van der Waals surface area contributed by atoms with Crippen molar-refractivity contribution in [2.75, 3.05) is 24.6 Å². The fourth-order valence-corrected chi connectivity index (χ4v) is 4.73. The topological polar surface area (TPSA) is 58.6 Å². The first-order chi connectivity index (χ1) is 14.7. The van der Waals surface area contributed by atoms with Crippen molar-refractivity contribution in [2.24, 2.45) is 0 Å². The van der Waals surface area contributed by atoms with E-state index in [1.807, 2.05) is 41.4 Å². The molecule has 2 fully saturated rings. The van der Waals surface area contributed by atoms with E-state index < -0.39 is 0 Å². The number of fused-ring (bicyclic) bond motifs is 3. The SMILES string of the molecule is Cc1ccc(N2C3CCC2CN(C(=O)COCc2cccc4ncccc24)C3)nc1. The number of ether oxygens (including phenoxy) is 1. The number of carbonyl (C=O) groups excluding carboxylic acids is 1. The number of anilines is 1. The summed E-state index contributed by atoms with van der Waals surface area (Å²) in [6, 6.07) is 14.8. The first-order valence-corrected chi connectivity index (χ1v) is 10.6. The van der Waals surface area contributed by atoms with Gasteiger partial charge in [0.15, 0.2) is 0 Å². The second-order valence-corrected chi connectivity index (χ2v) is 8.26. The largest absolute Gasteiger partial charge is 0.367 e. The molecule has 2 aliphatic rings. The van der Waals surface area contributed by atoms with Crippen molar-refractivity contribution in [3.05, 3.63) is 66.0 Å². The van der Waals surface area contributed by atoms with Gasteiger partial charge in [-0.05, 0) is 49.1 Å².